The molecule has 3 nitrogen and oxygen atoms in total. The van der Waals surface area contributed by atoms with Gasteiger partial charge in [-0.3, -0.25) is 0 Å². The van der Waals surface area contributed by atoms with Crippen LogP contribution in [-0.4, -0.2) is 32.3 Å². The molecule has 0 saturated carbocycles. The second kappa shape index (κ2) is 7.30. The predicted octanol–water partition coefficient (Wildman–Crippen LogP) is 3.24. The number of methoxy groups -OCH3 is 1. The topological polar surface area (TPSA) is 38.5 Å². The quantitative estimate of drug-likeness (QED) is 0.906. The minimum absolute atomic E-state index is 0.198. The number of hydrogen-bond acceptors (Lipinski definition) is 3. The van der Waals surface area contributed by atoms with Crippen LogP contribution in [0.4, 0.5) is 5.69 Å². The van der Waals surface area contributed by atoms with Crippen molar-refractivity contribution in [1.82, 2.24) is 0 Å². The van der Waals surface area contributed by atoms with Crippen LogP contribution in [0.2, 0.25) is 5.02 Å². The summed E-state index contributed by atoms with van der Waals surface area (Å²) >= 11 is 6.45. The zero-order valence-electron chi connectivity index (χ0n) is 12.4. The lowest BCUT2D eigenvalue weighted by atomic mass is 10.00. The van der Waals surface area contributed by atoms with Crippen LogP contribution >= 0.6 is 11.6 Å². The molecule has 0 amide bonds. The number of nitrogens with zero attached hydrogens (tertiary/aromatic N) is 1. The maximum Gasteiger partial charge on any atom is 0.0642 e. The highest BCUT2D eigenvalue weighted by Crippen LogP contribution is 2.33. The Balaban J connectivity index is 2.17. The van der Waals surface area contributed by atoms with Gasteiger partial charge in [-0.15, -0.1) is 0 Å². The molecule has 20 heavy (non-hydrogen) atoms. The standard InChI is InChI=1S/C16H25ClN2O/c1-3-13(18)11-12-5-4-6-15(17)16(12)19-9-7-14(20-2)8-10-19/h4-6,13-14H,3,7-11,18H2,1-2H3. The van der Waals surface area contributed by atoms with Crippen molar-refractivity contribution in [3.05, 3.63) is 28.8 Å². The molecule has 0 spiro atoms. The minimum Gasteiger partial charge on any atom is -0.381 e. The van der Waals surface area contributed by atoms with Crippen LogP contribution in [0.15, 0.2) is 18.2 Å². The highest BCUT2D eigenvalue weighted by molar-refractivity contribution is 6.33. The lowest BCUT2D eigenvalue weighted by molar-refractivity contribution is 0.0819. The maximum absolute atomic E-state index is 6.45. The number of para-hydroxylation sites is 1. The van der Waals surface area contributed by atoms with Gasteiger partial charge in [-0.25, -0.2) is 0 Å². The molecule has 0 aromatic heterocycles. The number of ether oxygens (including phenoxy) is 1. The van der Waals surface area contributed by atoms with E-state index in [0.29, 0.717) is 6.10 Å². The summed E-state index contributed by atoms with van der Waals surface area (Å²) in [5.74, 6) is 0. The Labute approximate surface area is 127 Å². The molecular weight excluding hydrogens is 272 g/mol. The van der Waals surface area contributed by atoms with Gasteiger partial charge in [0.1, 0.15) is 0 Å². The summed E-state index contributed by atoms with van der Waals surface area (Å²) in [6, 6.07) is 6.34. The molecule has 1 aliphatic heterocycles. The summed E-state index contributed by atoms with van der Waals surface area (Å²) < 4.78 is 5.44. The Morgan fingerprint density at radius 1 is 1.40 bits per heavy atom. The third-order valence-corrected chi connectivity index (χ3v) is 4.47. The fourth-order valence-corrected chi connectivity index (χ4v) is 3.13. The maximum atomic E-state index is 6.45. The zero-order valence-corrected chi connectivity index (χ0v) is 13.2. The Kier molecular flexibility index (Phi) is 5.70. The summed E-state index contributed by atoms with van der Waals surface area (Å²) in [6.07, 6.45) is 4.37. The predicted molar refractivity (Wildman–Crippen MR) is 85.7 cm³/mol. The molecule has 0 radical (unpaired) electrons. The Morgan fingerprint density at radius 3 is 2.70 bits per heavy atom. The summed E-state index contributed by atoms with van der Waals surface area (Å²) in [5.41, 5.74) is 8.56. The first-order chi connectivity index (χ1) is 9.65. The molecule has 0 aliphatic carbocycles. The van der Waals surface area contributed by atoms with Gasteiger partial charge in [-0.05, 0) is 37.3 Å². The van der Waals surface area contributed by atoms with Crippen molar-refractivity contribution in [2.45, 2.75) is 44.8 Å². The van der Waals surface area contributed by atoms with E-state index in [4.69, 9.17) is 22.1 Å². The third-order valence-electron chi connectivity index (χ3n) is 4.17. The number of piperidine rings is 1. The van der Waals surface area contributed by atoms with E-state index in [0.717, 1.165) is 43.8 Å². The van der Waals surface area contributed by atoms with Crippen LogP contribution in [0.3, 0.4) is 0 Å². The van der Waals surface area contributed by atoms with Crippen molar-refractivity contribution in [2.75, 3.05) is 25.1 Å². The number of rotatable bonds is 5. The summed E-state index contributed by atoms with van der Waals surface area (Å²) in [5, 5.41) is 0.835. The Morgan fingerprint density at radius 2 is 2.10 bits per heavy atom. The van der Waals surface area contributed by atoms with Crippen LogP contribution in [0.25, 0.3) is 0 Å². The average molecular weight is 297 g/mol. The highest BCUT2D eigenvalue weighted by atomic mass is 35.5. The first kappa shape index (κ1) is 15.6. The van der Waals surface area contributed by atoms with Gasteiger partial charge in [-0.2, -0.15) is 0 Å². The fourth-order valence-electron chi connectivity index (χ4n) is 2.82. The van der Waals surface area contributed by atoms with Gasteiger partial charge in [0.05, 0.1) is 16.8 Å². The normalized spacial score (nSPS) is 18.3. The van der Waals surface area contributed by atoms with Crippen LogP contribution < -0.4 is 10.6 Å². The highest BCUT2D eigenvalue weighted by Gasteiger charge is 2.22. The molecule has 2 rings (SSSR count). The molecule has 1 aromatic carbocycles. The van der Waals surface area contributed by atoms with E-state index in [-0.39, 0.29) is 6.04 Å². The van der Waals surface area contributed by atoms with Gasteiger partial charge < -0.3 is 15.4 Å². The largest absolute Gasteiger partial charge is 0.381 e. The SMILES string of the molecule is CCC(N)Cc1cccc(Cl)c1N1CCC(OC)CC1. The van der Waals surface area contributed by atoms with Crippen LogP contribution in [0.5, 0.6) is 0 Å². The number of nitrogens with two attached hydrogens (primary N) is 1. The average Bonchev–Trinajstić information content (AvgIpc) is 2.47. The van der Waals surface area contributed by atoms with E-state index in [2.05, 4.69) is 17.9 Å². The number of hydrogen-bond donors (Lipinski definition) is 1. The smallest absolute Gasteiger partial charge is 0.0642 e. The summed E-state index contributed by atoms with van der Waals surface area (Å²) in [4.78, 5) is 2.38. The van der Waals surface area contributed by atoms with Crippen molar-refractivity contribution in [1.29, 1.82) is 0 Å². The first-order valence-corrected chi connectivity index (χ1v) is 7.84. The van der Waals surface area contributed by atoms with Gasteiger partial charge in [-0.1, -0.05) is 30.7 Å². The molecule has 1 atom stereocenters. The van der Waals surface area contributed by atoms with Crippen molar-refractivity contribution in [2.24, 2.45) is 5.73 Å². The zero-order chi connectivity index (χ0) is 14.5. The molecule has 1 heterocycles. The summed E-state index contributed by atoms with van der Waals surface area (Å²) in [6.45, 7) is 4.12. The molecule has 1 aliphatic rings. The van der Waals surface area contributed by atoms with Gasteiger partial charge >= 0.3 is 0 Å². The lowest BCUT2D eigenvalue weighted by Crippen LogP contribution is -2.37. The van der Waals surface area contributed by atoms with E-state index in [9.17, 15) is 0 Å². The fraction of sp³-hybridized carbons (Fsp3) is 0.625. The van der Waals surface area contributed by atoms with E-state index in [1.165, 1.54) is 11.3 Å². The van der Waals surface area contributed by atoms with Gasteiger partial charge in [0, 0.05) is 26.2 Å². The molecule has 1 unspecified atom stereocenters. The van der Waals surface area contributed by atoms with Crippen LogP contribution in [0, 0.1) is 0 Å². The molecule has 2 N–H and O–H groups in total. The molecule has 112 valence electrons. The first-order valence-electron chi connectivity index (χ1n) is 7.46. The van der Waals surface area contributed by atoms with Crippen molar-refractivity contribution >= 4 is 17.3 Å². The van der Waals surface area contributed by atoms with Gasteiger partial charge in [0.15, 0.2) is 0 Å². The molecule has 4 heteroatoms. The van der Waals surface area contributed by atoms with Crippen LogP contribution in [-0.2, 0) is 11.2 Å². The molecule has 0 bridgehead atoms. The van der Waals surface area contributed by atoms with E-state index in [1.54, 1.807) is 7.11 Å². The molecule has 1 saturated heterocycles. The molecular formula is C16H25ClN2O. The molecule has 1 fully saturated rings. The second-order valence-electron chi connectivity index (χ2n) is 5.54. The number of anilines is 1. The third kappa shape index (κ3) is 3.66. The minimum atomic E-state index is 0.198. The van der Waals surface area contributed by atoms with E-state index >= 15 is 0 Å². The van der Waals surface area contributed by atoms with Gasteiger partial charge in [0.25, 0.3) is 0 Å². The number of benzene rings is 1. The number of halogens is 1. The monoisotopic (exact) mass is 296 g/mol. The lowest BCUT2D eigenvalue weighted by Gasteiger charge is -2.35. The Bertz CT molecular complexity index is 430. The Hall–Kier alpha value is -0.770. The van der Waals surface area contributed by atoms with E-state index in [1.807, 2.05) is 12.1 Å². The summed E-state index contributed by atoms with van der Waals surface area (Å²) in [7, 11) is 1.79. The molecule has 1 aromatic rings. The van der Waals surface area contributed by atoms with Crippen molar-refractivity contribution in [3.63, 3.8) is 0 Å². The second-order valence-corrected chi connectivity index (χ2v) is 5.95. The van der Waals surface area contributed by atoms with Crippen molar-refractivity contribution < 1.29 is 4.74 Å². The van der Waals surface area contributed by atoms with Crippen LogP contribution in [0.1, 0.15) is 31.7 Å². The van der Waals surface area contributed by atoms with E-state index < -0.39 is 0 Å². The van der Waals surface area contributed by atoms with Gasteiger partial charge in [0.2, 0.25) is 0 Å². The van der Waals surface area contributed by atoms with Crippen molar-refractivity contribution in [3.8, 4) is 0 Å².